The van der Waals surface area contributed by atoms with Crippen LogP contribution in [0.15, 0.2) is 42.7 Å². The van der Waals surface area contributed by atoms with E-state index in [4.69, 9.17) is 11.6 Å². The van der Waals surface area contributed by atoms with Gasteiger partial charge in [-0.3, -0.25) is 0 Å². The second kappa shape index (κ2) is 5.83. The van der Waals surface area contributed by atoms with Crippen molar-refractivity contribution in [3.63, 3.8) is 0 Å². The minimum Gasteiger partial charge on any atom is -0.354 e. The molecular formula is C17H18ClN5. The Morgan fingerprint density at radius 2 is 1.74 bits per heavy atom. The molecule has 0 N–H and O–H groups in total. The molecule has 6 heteroatoms. The Balaban J connectivity index is 1.76. The average molecular weight is 328 g/mol. The maximum absolute atomic E-state index is 5.98. The third-order valence-electron chi connectivity index (χ3n) is 4.36. The summed E-state index contributed by atoms with van der Waals surface area (Å²) in [6.45, 7) is 4.14. The molecule has 118 valence electrons. The SMILES string of the molecule is CN1CCN(c2ccnc3c(-c4ccc(Cl)cc4)cnn23)CC1. The molecular weight excluding hydrogens is 310 g/mol. The summed E-state index contributed by atoms with van der Waals surface area (Å²) in [6.07, 6.45) is 3.75. The zero-order valence-corrected chi connectivity index (χ0v) is 13.7. The van der Waals surface area contributed by atoms with Crippen LogP contribution in [0.3, 0.4) is 0 Å². The third kappa shape index (κ3) is 2.66. The number of hydrogen-bond acceptors (Lipinski definition) is 4. The van der Waals surface area contributed by atoms with Gasteiger partial charge >= 0.3 is 0 Å². The number of nitrogens with zero attached hydrogens (tertiary/aromatic N) is 5. The number of rotatable bonds is 2. The van der Waals surface area contributed by atoms with Gasteiger partial charge in [-0.15, -0.1) is 0 Å². The molecule has 1 aliphatic heterocycles. The molecule has 0 radical (unpaired) electrons. The number of anilines is 1. The fourth-order valence-corrected chi connectivity index (χ4v) is 3.11. The summed E-state index contributed by atoms with van der Waals surface area (Å²) in [4.78, 5) is 9.25. The summed E-state index contributed by atoms with van der Waals surface area (Å²) in [5.41, 5.74) is 2.98. The van der Waals surface area contributed by atoms with E-state index in [1.165, 1.54) is 0 Å². The van der Waals surface area contributed by atoms with Crippen molar-refractivity contribution < 1.29 is 0 Å². The lowest BCUT2D eigenvalue weighted by Crippen LogP contribution is -2.45. The number of likely N-dealkylation sites (N-methyl/N-ethyl adjacent to an activating group) is 1. The molecule has 0 aliphatic carbocycles. The third-order valence-corrected chi connectivity index (χ3v) is 4.62. The van der Waals surface area contributed by atoms with E-state index in [9.17, 15) is 0 Å². The minimum atomic E-state index is 0.733. The Bertz CT molecular complexity index is 819. The summed E-state index contributed by atoms with van der Waals surface area (Å²) < 4.78 is 1.94. The van der Waals surface area contributed by atoms with Crippen molar-refractivity contribution in [2.24, 2.45) is 0 Å². The molecule has 0 spiro atoms. The summed E-state index contributed by atoms with van der Waals surface area (Å²) in [5, 5.41) is 5.31. The Morgan fingerprint density at radius 3 is 2.48 bits per heavy atom. The van der Waals surface area contributed by atoms with Gasteiger partial charge in [0.05, 0.1) is 6.20 Å². The first-order chi connectivity index (χ1) is 11.2. The van der Waals surface area contributed by atoms with Crippen LogP contribution in [-0.2, 0) is 0 Å². The maximum Gasteiger partial charge on any atom is 0.165 e. The molecule has 0 atom stereocenters. The van der Waals surface area contributed by atoms with Gasteiger partial charge in [-0.05, 0) is 30.8 Å². The molecule has 3 heterocycles. The normalized spacial score (nSPS) is 16.2. The standard InChI is InChI=1S/C17H18ClN5/c1-21-8-10-22(11-9-21)16-6-7-19-17-15(12-20-23(16)17)13-2-4-14(18)5-3-13/h2-7,12H,8-11H2,1H3. The fraction of sp³-hybridized carbons (Fsp3) is 0.294. The topological polar surface area (TPSA) is 36.7 Å². The second-order valence-electron chi connectivity index (χ2n) is 5.89. The minimum absolute atomic E-state index is 0.733. The molecule has 5 nitrogen and oxygen atoms in total. The van der Waals surface area contributed by atoms with Gasteiger partial charge in [0.15, 0.2) is 5.65 Å². The maximum atomic E-state index is 5.98. The number of hydrogen-bond donors (Lipinski definition) is 0. The van der Waals surface area contributed by atoms with Crippen LogP contribution in [0.25, 0.3) is 16.8 Å². The highest BCUT2D eigenvalue weighted by Crippen LogP contribution is 2.27. The average Bonchev–Trinajstić information content (AvgIpc) is 3.00. The Hall–Kier alpha value is -2.11. The number of aromatic nitrogens is 3. The highest BCUT2D eigenvalue weighted by atomic mass is 35.5. The van der Waals surface area contributed by atoms with Crippen LogP contribution in [-0.4, -0.2) is 52.7 Å². The van der Waals surface area contributed by atoms with Gasteiger partial charge in [-0.25, -0.2) is 4.98 Å². The van der Waals surface area contributed by atoms with Crippen molar-refractivity contribution in [2.45, 2.75) is 0 Å². The Morgan fingerprint density at radius 1 is 1.00 bits per heavy atom. The van der Waals surface area contributed by atoms with Crippen molar-refractivity contribution >= 4 is 23.1 Å². The van der Waals surface area contributed by atoms with Crippen LogP contribution < -0.4 is 4.90 Å². The lowest BCUT2D eigenvalue weighted by atomic mass is 10.1. The van der Waals surface area contributed by atoms with E-state index in [2.05, 4.69) is 26.9 Å². The van der Waals surface area contributed by atoms with Crippen molar-refractivity contribution in [3.05, 3.63) is 47.7 Å². The van der Waals surface area contributed by atoms with E-state index in [0.717, 1.165) is 53.8 Å². The molecule has 1 aliphatic rings. The Kier molecular flexibility index (Phi) is 3.67. The second-order valence-corrected chi connectivity index (χ2v) is 6.33. The monoisotopic (exact) mass is 327 g/mol. The highest BCUT2D eigenvalue weighted by molar-refractivity contribution is 6.30. The molecule has 0 unspecified atom stereocenters. The van der Waals surface area contributed by atoms with Crippen molar-refractivity contribution in [1.82, 2.24) is 19.5 Å². The molecule has 2 aromatic heterocycles. The van der Waals surface area contributed by atoms with Crippen LogP contribution in [0.5, 0.6) is 0 Å². The van der Waals surface area contributed by atoms with Gasteiger partial charge in [-0.2, -0.15) is 9.61 Å². The summed E-state index contributed by atoms with van der Waals surface area (Å²) in [6, 6.07) is 9.83. The van der Waals surface area contributed by atoms with Gasteiger partial charge in [-0.1, -0.05) is 23.7 Å². The predicted molar refractivity (Wildman–Crippen MR) is 93.1 cm³/mol. The van der Waals surface area contributed by atoms with Gasteiger partial charge in [0.2, 0.25) is 0 Å². The van der Waals surface area contributed by atoms with Crippen molar-refractivity contribution in [3.8, 4) is 11.1 Å². The van der Waals surface area contributed by atoms with Crippen LogP contribution in [0.4, 0.5) is 5.82 Å². The molecule has 0 bridgehead atoms. The number of benzene rings is 1. The van der Waals surface area contributed by atoms with Crippen LogP contribution in [0.1, 0.15) is 0 Å². The van der Waals surface area contributed by atoms with E-state index in [-0.39, 0.29) is 0 Å². The van der Waals surface area contributed by atoms with Gasteiger partial charge in [0.1, 0.15) is 5.82 Å². The number of halogens is 1. The van der Waals surface area contributed by atoms with Crippen molar-refractivity contribution in [1.29, 1.82) is 0 Å². The summed E-state index contributed by atoms with van der Waals surface area (Å²) in [5.74, 6) is 1.10. The van der Waals surface area contributed by atoms with Crippen LogP contribution >= 0.6 is 11.6 Å². The first-order valence-electron chi connectivity index (χ1n) is 7.74. The summed E-state index contributed by atoms with van der Waals surface area (Å²) in [7, 11) is 2.16. The first-order valence-corrected chi connectivity index (χ1v) is 8.12. The van der Waals surface area contributed by atoms with E-state index in [1.807, 2.05) is 47.2 Å². The molecule has 3 aromatic rings. The molecule has 23 heavy (non-hydrogen) atoms. The lowest BCUT2D eigenvalue weighted by molar-refractivity contribution is 0.311. The zero-order chi connectivity index (χ0) is 15.8. The van der Waals surface area contributed by atoms with Gasteiger partial charge < -0.3 is 9.80 Å². The van der Waals surface area contributed by atoms with Crippen molar-refractivity contribution in [2.75, 3.05) is 38.1 Å². The van der Waals surface area contributed by atoms with Crippen LogP contribution in [0.2, 0.25) is 5.02 Å². The van der Waals surface area contributed by atoms with Gasteiger partial charge in [0, 0.05) is 43.0 Å². The van der Waals surface area contributed by atoms with E-state index in [1.54, 1.807) is 0 Å². The van der Waals surface area contributed by atoms with E-state index in [0.29, 0.717) is 0 Å². The quantitative estimate of drug-likeness (QED) is 0.725. The molecule has 0 saturated carbocycles. The van der Waals surface area contributed by atoms with E-state index >= 15 is 0 Å². The zero-order valence-electron chi connectivity index (χ0n) is 13.0. The van der Waals surface area contributed by atoms with E-state index < -0.39 is 0 Å². The number of fused-ring (bicyclic) bond motifs is 1. The fourth-order valence-electron chi connectivity index (χ4n) is 2.99. The summed E-state index contributed by atoms with van der Waals surface area (Å²) >= 11 is 5.98. The lowest BCUT2D eigenvalue weighted by Gasteiger charge is -2.33. The Labute approximate surface area is 140 Å². The predicted octanol–water partition coefficient (Wildman–Crippen LogP) is 2.80. The smallest absolute Gasteiger partial charge is 0.165 e. The van der Waals surface area contributed by atoms with Crippen LogP contribution in [0, 0.1) is 0 Å². The number of piperazine rings is 1. The first kappa shape index (κ1) is 14.5. The molecule has 1 saturated heterocycles. The highest BCUT2D eigenvalue weighted by Gasteiger charge is 2.18. The molecule has 0 amide bonds. The molecule has 1 aromatic carbocycles. The molecule has 4 rings (SSSR count). The molecule has 1 fully saturated rings. The largest absolute Gasteiger partial charge is 0.354 e. The van der Waals surface area contributed by atoms with Gasteiger partial charge in [0.25, 0.3) is 0 Å².